The van der Waals surface area contributed by atoms with E-state index in [1.54, 1.807) is 17.3 Å². The maximum Gasteiger partial charge on any atom is 0.286 e. The molecule has 1 aliphatic heterocycles. The first kappa shape index (κ1) is 15.1. The fourth-order valence-electron chi connectivity index (χ4n) is 1.28. The van der Waals surface area contributed by atoms with Gasteiger partial charge in [-0.3, -0.25) is 4.79 Å². The molecular formula is C14H19N3O2. The summed E-state index contributed by atoms with van der Waals surface area (Å²) in [7, 11) is 3.70. The molecule has 1 rings (SSSR count). The molecule has 102 valence electrons. The molecule has 19 heavy (non-hydrogen) atoms. The van der Waals surface area contributed by atoms with Gasteiger partial charge in [0.2, 0.25) is 0 Å². The van der Waals surface area contributed by atoms with Crippen LogP contribution in [0.2, 0.25) is 0 Å². The number of aliphatic hydroxyl groups excluding tert-OH is 1. The van der Waals surface area contributed by atoms with E-state index in [9.17, 15) is 9.90 Å². The number of rotatable bonds is 3. The molecular weight excluding hydrogens is 242 g/mol. The number of amides is 1. The Balaban J connectivity index is 2.61. The lowest BCUT2D eigenvalue weighted by atomic mass is 10.1. The highest BCUT2D eigenvalue weighted by atomic mass is 16.3. The molecule has 0 aromatic carbocycles. The molecule has 0 fully saturated rings. The van der Waals surface area contributed by atoms with Crippen LogP contribution >= 0.6 is 0 Å². The van der Waals surface area contributed by atoms with Crippen molar-refractivity contribution >= 4 is 18.1 Å². The summed E-state index contributed by atoms with van der Waals surface area (Å²) in [5.41, 5.74) is 0.382. The van der Waals surface area contributed by atoms with Crippen molar-refractivity contribution in [1.29, 1.82) is 0 Å². The predicted molar refractivity (Wildman–Crippen MR) is 76.0 cm³/mol. The van der Waals surface area contributed by atoms with E-state index >= 15 is 0 Å². The maximum absolute atomic E-state index is 11.7. The number of hydrogen-bond acceptors (Lipinski definition) is 3. The average Bonchev–Trinajstić information content (AvgIpc) is 2.38. The third-order valence-corrected chi connectivity index (χ3v) is 2.42. The van der Waals surface area contributed by atoms with E-state index in [0.29, 0.717) is 30.7 Å². The average molecular weight is 261 g/mol. The number of carbonyl (C=O) groups excluding carboxylic acids is 1. The third kappa shape index (κ3) is 5.49. The van der Waals surface area contributed by atoms with E-state index < -0.39 is 6.10 Å². The maximum atomic E-state index is 11.7. The molecule has 0 spiro atoms. The van der Waals surface area contributed by atoms with Crippen LogP contribution < -0.4 is 0 Å². The molecule has 0 aromatic heterocycles. The SMILES string of the molecule is CC[C@@H](O)CC#CC1=CCC(N=CN(C)C)=NC1=O. The Bertz CT molecular complexity index is 479. The van der Waals surface area contributed by atoms with Crippen molar-refractivity contribution in [2.75, 3.05) is 14.1 Å². The van der Waals surface area contributed by atoms with Gasteiger partial charge in [0.25, 0.3) is 5.91 Å². The minimum Gasteiger partial charge on any atom is -0.392 e. The zero-order chi connectivity index (χ0) is 14.3. The van der Waals surface area contributed by atoms with Gasteiger partial charge in [0.05, 0.1) is 18.0 Å². The normalized spacial score (nSPS) is 16.5. The molecule has 1 amide bonds. The minimum absolute atomic E-state index is 0.365. The van der Waals surface area contributed by atoms with Crippen molar-refractivity contribution in [3.63, 3.8) is 0 Å². The molecule has 0 bridgehead atoms. The molecule has 0 aromatic rings. The van der Waals surface area contributed by atoms with Crippen molar-refractivity contribution in [2.45, 2.75) is 32.3 Å². The number of hydrogen-bond donors (Lipinski definition) is 1. The number of nitrogens with zero attached hydrogens (tertiary/aromatic N) is 3. The molecule has 0 saturated carbocycles. The molecule has 1 atom stereocenters. The van der Waals surface area contributed by atoms with E-state index in [0.717, 1.165) is 0 Å². The second kappa shape index (κ2) is 7.49. The molecule has 1 heterocycles. The van der Waals surface area contributed by atoms with Crippen molar-refractivity contribution in [3.05, 3.63) is 11.6 Å². The van der Waals surface area contributed by atoms with Gasteiger partial charge < -0.3 is 10.0 Å². The summed E-state index contributed by atoms with van der Waals surface area (Å²) in [6.07, 6.45) is 4.42. The first-order chi connectivity index (χ1) is 9.02. The Morgan fingerprint density at radius 1 is 1.63 bits per heavy atom. The minimum atomic E-state index is -0.435. The lowest BCUT2D eigenvalue weighted by molar-refractivity contribution is -0.114. The van der Waals surface area contributed by atoms with E-state index in [1.165, 1.54) is 0 Å². The van der Waals surface area contributed by atoms with Gasteiger partial charge in [0.1, 0.15) is 5.84 Å². The topological polar surface area (TPSA) is 65.3 Å². The predicted octanol–water partition coefficient (Wildman–Crippen LogP) is 0.996. The Hall–Kier alpha value is -1.93. The Morgan fingerprint density at radius 3 is 2.95 bits per heavy atom. The largest absolute Gasteiger partial charge is 0.392 e. The van der Waals surface area contributed by atoms with Gasteiger partial charge in [-0.1, -0.05) is 24.8 Å². The molecule has 0 saturated heterocycles. The summed E-state index contributed by atoms with van der Waals surface area (Å²) in [6.45, 7) is 1.89. The van der Waals surface area contributed by atoms with Crippen molar-refractivity contribution < 1.29 is 9.90 Å². The van der Waals surface area contributed by atoms with Crippen molar-refractivity contribution in [3.8, 4) is 11.8 Å². The first-order valence-corrected chi connectivity index (χ1v) is 6.22. The number of dihydropyridines is 1. The zero-order valence-corrected chi connectivity index (χ0v) is 11.6. The highest BCUT2D eigenvalue weighted by molar-refractivity contribution is 6.09. The van der Waals surface area contributed by atoms with Crippen LogP contribution in [0.5, 0.6) is 0 Å². The Labute approximate surface area is 113 Å². The Morgan fingerprint density at radius 2 is 2.37 bits per heavy atom. The summed E-state index contributed by atoms with van der Waals surface area (Å²) in [4.78, 5) is 21.4. The quantitative estimate of drug-likeness (QED) is 0.468. The number of aliphatic hydroxyl groups is 1. The van der Waals surface area contributed by atoms with Gasteiger partial charge in [-0.05, 0) is 6.42 Å². The van der Waals surface area contributed by atoms with Crippen molar-refractivity contribution in [2.24, 2.45) is 9.98 Å². The van der Waals surface area contributed by atoms with Crippen LogP contribution in [0.3, 0.4) is 0 Å². The third-order valence-electron chi connectivity index (χ3n) is 2.42. The summed E-state index contributed by atoms with van der Waals surface area (Å²) in [5, 5.41) is 9.36. The second-order valence-electron chi connectivity index (χ2n) is 4.43. The summed E-state index contributed by atoms with van der Waals surface area (Å²) in [6, 6.07) is 0. The summed E-state index contributed by atoms with van der Waals surface area (Å²) >= 11 is 0. The van der Waals surface area contributed by atoms with Crippen LogP contribution in [0.15, 0.2) is 21.6 Å². The summed E-state index contributed by atoms with van der Waals surface area (Å²) < 4.78 is 0. The lowest BCUT2D eigenvalue weighted by Crippen LogP contribution is -2.13. The van der Waals surface area contributed by atoms with E-state index in [2.05, 4.69) is 21.8 Å². The van der Waals surface area contributed by atoms with Gasteiger partial charge in [-0.25, -0.2) is 4.99 Å². The fourth-order valence-corrected chi connectivity index (χ4v) is 1.28. The van der Waals surface area contributed by atoms with Crippen LogP contribution in [-0.4, -0.2) is 48.3 Å². The smallest absolute Gasteiger partial charge is 0.286 e. The zero-order valence-electron chi connectivity index (χ0n) is 11.6. The molecule has 5 heteroatoms. The lowest BCUT2D eigenvalue weighted by Gasteiger charge is -2.06. The highest BCUT2D eigenvalue weighted by Gasteiger charge is 2.12. The highest BCUT2D eigenvalue weighted by Crippen LogP contribution is 2.08. The Kier molecular flexibility index (Phi) is 5.97. The van der Waals surface area contributed by atoms with Crippen LogP contribution in [0.4, 0.5) is 0 Å². The standard InChI is InChI=1S/C14H19N3O2/c1-4-12(18)7-5-6-11-8-9-13(16-14(11)19)15-10-17(2)3/h8,10,12,18H,4,7,9H2,1-3H3/t12-/m1/s1. The number of aliphatic imine (C=N–C) groups is 2. The van der Waals surface area contributed by atoms with Crippen LogP contribution in [0.1, 0.15) is 26.2 Å². The molecule has 0 aliphatic carbocycles. The van der Waals surface area contributed by atoms with E-state index in [-0.39, 0.29) is 5.91 Å². The van der Waals surface area contributed by atoms with Gasteiger partial charge in [-0.2, -0.15) is 4.99 Å². The van der Waals surface area contributed by atoms with Crippen LogP contribution in [-0.2, 0) is 4.79 Å². The van der Waals surface area contributed by atoms with Crippen molar-refractivity contribution in [1.82, 2.24) is 4.90 Å². The second-order valence-corrected chi connectivity index (χ2v) is 4.43. The molecule has 1 aliphatic rings. The van der Waals surface area contributed by atoms with Gasteiger partial charge in [0, 0.05) is 26.9 Å². The number of amidine groups is 1. The number of carbonyl (C=O) groups is 1. The van der Waals surface area contributed by atoms with E-state index in [1.807, 2.05) is 21.0 Å². The molecule has 5 nitrogen and oxygen atoms in total. The first-order valence-electron chi connectivity index (χ1n) is 6.22. The fraction of sp³-hybridized carbons (Fsp3) is 0.500. The van der Waals surface area contributed by atoms with Gasteiger partial charge >= 0.3 is 0 Å². The monoisotopic (exact) mass is 261 g/mol. The summed E-state index contributed by atoms with van der Waals surface area (Å²) in [5.74, 6) is 5.67. The molecule has 0 radical (unpaired) electrons. The van der Waals surface area contributed by atoms with Gasteiger partial charge in [-0.15, -0.1) is 0 Å². The molecule has 0 unspecified atom stereocenters. The van der Waals surface area contributed by atoms with Gasteiger partial charge in [0.15, 0.2) is 0 Å². The molecule has 1 N–H and O–H groups in total. The van der Waals surface area contributed by atoms with E-state index in [4.69, 9.17) is 0 Å². The van der Waals surface area contributed by atoms with Crippen LogP contribution in [0, 0.1) is 11.8 Å². The van der Waals surface area contributed by atoms with Crippen LogP contribution in [0.25, 0.3) is 0 Å².